The van der Waals surface area contributed by atoms with Gasteiger partial charge >= 0.3 is 0 Å². The van der Waals surface area contributed by atoms with Gasteiger partial charge < -0.3 is 9.55 Å². The van der Waals surface area contributed by atoms with Crippen LogP contribution in [0.15, 0.2) is 102 Å². The first-order valence-electron chi connectivity index (χ1n) is 14.1. The van der Waals surface area contributed by atoms with Gasteiger partial charge in [0.05, 0.1) is 0 Å². The van der Waals surface area contributed by atoms with Crippen LogP contribution in [0.5, 0.6) is 0 Å². The molecule has 0 fully saturated rings. The third-order valence-electron chi connectivity index (χ3n) is 8.03. The van der Waals surface area contributed by atoms with E-state index in [1.807, 2.05) is 85.3 Å². The van der Waals surface area contributed by atoms with Crippen molar-refractivity contribution in [2.45, 2.75) is 6.92 Å². The maximum Gasteiger partial charge on any atom is 0.164 e. The lowest BCUT2D eigenvalue weighted by Gasteiger charge is -1.99. The molecule has 0 radical (unpaired) electrons. The summed E-state index contributed by atoms with van der Waals surface area (Å²) in [5.74, 6) is 1.21. The highest BCUT2D eigenvalue weighted by Crippen LogP contribution is 2.34. The van der Waals surface area contributed by atoms with E-state index < -0.39 is 0 Å². The highest BCUT2D eigenvalue weighted by Gasteiger charge is 2.20. The number of rotatable bonds is 0. The first-order chi connectivity index (χ1) is 21.1. The average molecular weight is 559 g/mol. The Morgan fingerprint density at radius 2 is 1.02 bits per heavy atom. The molecule has 206 valence electrons. The van der Waals surface area contributed by atoms with Crippen molar-refractivity contribution in [3.05, 3.63) is 108 Å². The molecule has 0 saturated heterocycles. The van der Waals surface area contributed by atoms with Crippen LogP contribution in [-0.4, -0.2) is 41.5 Å². The molecule has 6 bridgehead atoms. The maximum atomic E-state index is 5.16. The van der Waals surface area contributed by atoms with Gasteiger partial charge in [0.25, 0.3) is 0 Å². The molecule has 1 aliphatic rings. The molecule has 4 heterocycles. The first kappa shape index (κ1) is 25.0. The van der Waals surface area contributed by atoms with Gasteiger partial charge in [0.2, 0.25) is 0 Å². The number of hydrogen-bond donors (Lipinski definition) is 1. The Kier molecular flexibility index (Phi) is 5.62. The Labute approximate surface area is 246 Å². The Morgan fingerprint density at radius 3 is 1.65 bits per heavy atom. The van der Waals surface area contributed by atoms with Crippen molar-refractivity contribution in [3.63, 3.8) is 0 Å². The fourth-order valence-corrected chi connectivity index (χ4v) is 5.95. The van der Waals surface area contributed by atoms with Crippen LogP contribution in [0.25, 0.3) is 77.7 Å². The molecule has 4 aromatic carbocycles. The molecule has 8 heteroatoms. The highest BCUT2D eigenvalue weighted by molar-refractivity contribution is 6.06. The molecule has 7 aromatic rings. The lowest BCUT2D eigenvalue weighted by Crippen LogP contribution is -2.08. The van der Waals surface area contributed by atoms with Gasteiger partial charge in [-0.05, 0) is 6.92 Å². The molecule has 0 amide bonds. The van der Waals surface area contributed by atoms with E-state index in [0.717, 1.165) is 66.1 Å². The van der Waals surface area contributed by atoms with Crippen LogP contribution in [0, 0.1) is 6.92 Å². The SMILES string of the molecule is C/N=c1\nc2c3ccccc3c(nc3nc(nc4[nH]c(nc(C)c5ccccc15)c1ccccc41)-c1ccccc1-3)n2C. The van der Waals surface area contributed by atoms with Crippen molar-refractivity contribution in [1.82, 2.24) is 34.5 Å². The monoisotopic (exact) mass is 558 g/mol. The van der Waals surface area contributed by atoms with Crippen molar-refractivity contribution < 1.29 is 0 Å². The van der Waals surface area contributed by atoms with Crippen LogP contribution in [0.3, 0.4) is 0 Å². The largest absolute Gasteiger partial charge is 0.324 e. The van der Waals surface area contributed by atoms with Crippen molar-refractivity contribution >= 4 is 54.9 Å². The zero-order valence-electron chi connectivity index (χ0n) is 23.9. The minimum absolute atomic E-state index is 0.604. The minimum atomic E-state index is 0.604. The molecular formula is C35H26N8. The van der Waals surface area contributed by atoms with E-state index in [0.29, 0.717) is 22.8 Å². The van der Waals surface area contributed by atoms with Gasteiger partial charge in [0.1, 0.15) is 22.6 Å². The second-order valence-corrected chi connectivity index (χ2v) is 10.5. The van der Waals surface area contributed by atoms with Gasteiger partial charge in [-0.3, -0.25) is 4.99 Å². The number of aromatic nitrogens is 7. The first-order valence-corrected chi connectivity index (χ1v) is 14.1. The maximum absolute atomic E-state index is 5.16. The normalized spacial score (nSPS) is 12.2. The molecule has 0 aliphatic carbocycles. The van der Waals surface area contributed by atoms with Crippen LogP contribution in [0.4, 0.5) is 0 Å². The molecule has 43 heavy (non-hydrogen) atoms. The fourth-order valence-electron chi connectivity index (χ4n) is 5.95. The summed E-state index contributed by atoms with van der Waals surface area (Å²) in [5.41, 5.74) is 6.27. The van der Waals surface area contributed by atoms with E-state index in [1.54, 1.807) is 7.05 Å². The Balaban J connectivity index is 1.66. The van der Waals surface area contributed by atoms with Crippen LogP contribution in [0.1, 0.15) is 5.69 Å². The van der Waals surface area contributed by atoms with Gasteiger partial charge in [0.15, 0.2) is 17.1 Å². The summed E-state index contributed by atoms with van der Waals surface area (Å²) < 4.78 is 2.02. The fraction of sp³-hybridized carbons (Fsp3) is 0.0857. The third-order valence-corrected chi connectivity index (χ3v) is 8.03. The third kappa shape index (κ3) is 3.91. The topological polar surface area (TPSA) is 97.5 Å². The quantitative estimate of drug-likeness (QED) is 0.220. The number of H-pyrrole nitrogens is 1. The molecule has 0 atom stereocenters. The van der Waals surface area contributed by atoms with Crippen molar-refractivity contribution in [2.24, 2.45) is 12.0 Å². The molecule has 1 aliphatic heterocycles. The van der Waals surface area contributed by atoms with E-state index in [4.69, 9.17) is 24.9 Å². The Bertz CT molecular complexity index is 2510. The van der Waals surface area contributed by atoms with E-state index >= 15 is 0 Å². The second kappa shape index (κ2) is 9.66. The predicted molar refractivity (Wildman–Crippen MR) is 172 cm³/mol. The molecule has 8 rings (SSSR count). The smallest absolute Gasteiger partial charge is 0.164 e. The molecule has 0 saturated carbocycles. The van der Waals surface area contributed by atoms with Gasteiger partial charge in [-0.15, -0.1) is 0 Å². The summed E-state index contributed by atoms with van der Waals surface area (Å²) in [6.45, 7) is 2.01. The number of fused-ring (bicyclic) bond motifs is 16. The summed E-state index contributed by atoms with van der Waals surface area (Å²) in [6, 6.07) is 32.5. The van der Waals surface area contributed by atoms with Gasteiger partial charge in [-0.1, -0.05) is 97.1 Å². The Hall–Kier alpha value is -5.76. The summed E-state index contributed by atoms with van der Waals surface area (Å²) in [5, 5.41) is 5.77. The van der Waals surface area contributed by atoms with Crippen molar-refractivity contribution in [1.29, 1.82) is 0 Å². The van der Waals surface area contributed by atoms with Crippen molar-refractivity contribution in [2.75, 3.05) is 7.05 Å². The second-order valence-electron chi connectivity index (χ2n) is 10.5. The molecule has 8 nitrogen and oxygen atoms in total. The van der Waals surface area contributed by atoms with Gasteiger partial charge in [0, 0.05) is 63.2 Å². The number of aryl methyl sites for hydroxylation is 2. The molecule has 3 aromatic heterocycles. The van der Waals surface area contributed by atoms with Crippen LogP contribution >= 0.6 is 0 Å². The van der Waals surface area contributed by atoms with Crippen molar-refractivity contribution in [3.8, 4) is 22.8 Å². The molecular weight excluding hydrogens is 532 g/mol. The molecule has 0 spiro atoms. The number of aromatic amines is 1. The van der Waals surface area contributed by atoms with E-state index in [1.165, 1.54) is 0 Å². The molecule has 1 N–H and O–H groups in total. The molecule has 0 unspecified atom stereocenters. The van der Waals surface area contributed by atoms with Crippen LogP contribution in [0.2, 0.25) is 0 Å². The zero-order valence-corrected chi connectivity index (χ0v) is 23.9. The standard InChI is InChI=1S/C35H26N8/c1-20-21-12-4-5-13-22(21)29(36-2)41-34-27-18-10-11-19-28(27)35(43(34)3)42-33-26-17-9-8-16-25(26)32(40-33)39-31-24-15-7-6-14-23(24)30(37-20)38-31/h4-19,38H,1-3H3/b36-29-,37-20?,39-32?,41-34?,42-35?. The average Bonchev–Trinajstić information content (AvgIpc) is 3.66. The summed E-state index contributed by atoms with van der Waals surface area (Å²) >= 11 is 0. The minimum Gasteiger partial charge on any atom is -0.324 e. The number of nitrogens with one attached hydrogen (secondary N) is 1. The predicted octanol–water partition coefficient (Wildman–Crippen LogP) is 6.83. The lowest BCUT2D eigenvalue weighted by molar-refractivity contribution is 0.960. The van der Waals surface area contributed by atoms with Gasteiger partial charge in [-0.25, -0.2) is 24.9 Å². The number of hydrogen-bond acceptors (Lipinski definition) is 6. The highest BCUT2D eigenvalue weighted by atomic mass is 15.1. The zero-order chi connectivity index (χ0) is 29.1. The van der Waals surface area contributed by atoms with E-state index in [-0.39, 0.29) is 0 Å². The number of nitrogens with zero attached hydrogens (tertiary/aromatic N) is 7. The number of benzene rings is 4. The summed E-state index contributed by atoms with van der Waals surface area (Å²) in [7, 11) is 3.76. The van der Waals surface area contributed by atoms with Gasteiger partial charge in [-0.2, -0.15) is 0 Å². The van der Waals surface area contributed by atoms with Crippen LogP contribution in [-0.2, 0) is 7.05 Å². The van der Waals surface area contributed by atoms with Crippen LogP contribution < -0.4 is 5.49 Å². The van der Waals surface area contributed by atoms with E-state index in [2.05, 4.69) is 40.3 Å². The summed E-state index contributed by atoms with van der Waals surface area (Å²) in [4.78, 5) is 33.6. The summed E-state index contributed by atoms with van der Waals surface area (Å²) in [6.07, 6.45) is 0. The van der Waals surface area contributed by atoms with E-state index in [9.17, 15) is 0 Å². The Morgan fingerprint density at radius 1 is 0.535 bits per heavy atom. The lowest BCUT2D eigenvalue weighted by atomic mass is 10.1.